The molecule has 0 aliphatic rings. The van der Waals surface area contributed by atoms with E-state index >= 15 is 0 Å². The van der Waals surface area contributed by atoms with Gasteiger partial charge in [0, 0.05) is 6.54 Å². The lowest BCUT2D eigenvalue weighted by molar-refractivity contribution is -0.115. The number of nitrogens with one attached hydrogen (secondary N) is 1. The average Bonchev–Trinajstić information content (AvgIpc) is 2.85. The summed E-state index contributed by atoms with van der Waals surface area (Å²) in [5.74, 6) is 0.118. The fourth-order valence-corrected chi connectivity index (χ4v) is 5.39. The summed E-state index contributed by atoms with van der Waals surface area (Å²) >= 11 is 0. The maximum atomic E-state index is 13.4. The number of benzene rings is 4. The summed E-state index contributed by atoms with van der Waals surface area (Å²) in [4.78, 5) is 12.9. The largest absolute Gasteiger partial charge is 0.495 e. The Kier molecular flexibility index (Phi) is 6.84. The fourth-order valence-electron chi connectivity index (χ4n) is 3.89. The third kappa shape index (κ3) is 4.89. The normalized spacial score (nSPS) is 11.2. The van der Waals surface area contributed by atoms with E-state index in [1.807, 2.05) is 48.5 Å². The minimum absolute atomic E-state index is 0.0695. The molecule has 0 radical (unpaired) electrons. The Morgan fingerprint density at radius 2 is 1.59 bits per heavy atom. The number of fused-ring (bicyclic) bond motifs is 1. The van der Waals surface area contributed by atoms with Crippen LogP contribution in [-0.4, -0.2) is 28.0 Å². The standard InChI is InChI=1S/C27H26N2O4S/c1-3-29(23-11-5-4-6-12-23)34(31,32)24-15-16-26(33-2)25(19-24)28-27(30)18-20-13-14-21-9-7-8-10-22(21)17-20/h4-17,19H,3,18H2,1-2H3,(H,28,30). The molecule has 7 heteroatoms. The van der Waals surface area contributed by atoms with E-state index in [9.17, 15) is 13.2 Å². The van der Waals surface area contributed by atoms with Gasteiger partial charge in [0.25, 0.3) is 10.0 Å². The van der Waals surface area contributed by atoms with Crippen molar-refractivity contribution in [3.63, 3.8) is 0 Å². The van der Waals surface area contributed by atoms with Crippen LogP contribution in [0.5, 0.6) is 5.75 Å². The van der Waals surface area contributed by atoms with Gasteiger partial charge in [-0.3, -0.25) is 9.10 Å². The molecule has 174 valence electrons. The minimum Gasteiger partial charge on any atom is -0.495 e. The second-order valence-electron chi connectivity index (χ2n) is 7.77. The van der Waals surface area contributed by atoms with Crippen molar-refractivity contribution >= 4 is 38.1 Å². The number of rotatable bonds is 8. The van der Waals surface area contributed by atoms with Gasteiger partial charge in [-0.15, -0.1) is 0 Å². The highest BCUT2D eigenvalue weighted by molar-refractivity contribution is 7.92. The molecular formula is C27H26N2O4S. The minimum atomic E-state index is -3.84. The topological polar surface area (TPSA) is 75.7 Å². The number of carbonyl (C=O) groups excluding carboxylic acids is 1. The number of carbonyl (C=O) groups is 1. The van der Waals surface area contributed by atoms with Gasteiger partial charge in [0.1, 0.15) is 5.75 Å². The van der Waals surface area contributed by atoms with Crippen LogP contribution in [0.3, 0.4) is 0 Å². The van der Waals surface area contributed by atoms with Gasteiger partial charge in [0.15, 0.2) is 0 Å². The smallest absolute Gasteiger partial charge is 0.264 e. The summed E-state index contributed by atoms with van der Waals surface area (Å²) in [6.07, 6.45) is 0.149. The van der Waals surface area contributed by atoms with Crippen LogP contribution in [0.1, 0.15) is 12.5 Å². The zero-order chi connectivity index (χ0) is 24.1. The highest BCUT2D eigenvalue weighted by Gasteiger charge is 2.25. The van der Waals surface area contributed by atoms with Gasteiger partial charge >= 0.3 is 0 Å². The highest BCUT2D eigenvalue weighted by atomic mass is 32.2. The Balaban J connectivity index is 1.59. The molecule has 0 saturated heterocycles. The second-order valence-corrected chi connectivity index (χ2v) is 9.64. The van der Waals surface area contributed by atoms with Gasteiger partial charge < -0.3 is 10.1 Å². The molecule has 0 fully saturated rings. The summed E-state index contributed by atoms with van der Waals surface area (Å²) in [6.45, 7) is 2.04. The van der Waals surface area contributed by atoms with E-state index in [4.69, 9.17) is 4.74 Å². The van der Waals surface area contributed by atoms with Gasteiger partial charge in [0.2, 0.25) is 5.91 Å². The number of anilines is 2. The Hall–Kier alpha value is -3.84. The van der Waals surface area contributed by atoms with E-state index in [1.54, 1.807) is 37.3 Å². The van der Waals surface area contributed by atoms with Gasteiger partial charge in [-0.05, 0) is 53.6 Å². The molecule has 34 heavy (non-hydrogen) atoms. The summed E-state index contributed by atoms with van der Waals surface area (Å²) < 4.78 is 33.5. The molecule has 4 aromatic carbocycles. The van der Waals surface area contributed by atoms with Crippen molar-refractivity contribution in [3.05, 3.63) is 96.6 Å². The van der Waals surface area contributed by atoms with Crippen LogP contribution in [0, 0.1) is 0 Å². The molecule has 0 saturated carbocycles. The lowest BCUT2D eigenvalue weighted by Crippen LogP contribution is -2.30. The Bertz CT molecular complexity index is 1420. The van der Waals surface area contributed by atoms with E-state index < -0.39 is 10.0 Å². The lowest BCUT2D eigenvalue weighted by Gasteiger charge is -2.23. The number of nitrogens with zero attached hydrogens (tertiary/aromatic N) is 1. The average molecular weight is 475 g/mol. The van der Waals surface area contributed by atoms with Crippen molar-refractivity contribution < 1.29 is 17.9 Å². The fraction of sp³-hybridized carbons (Fsp3) is 0.148. The number of para-hydroxylation sites is 1. The predicted octanol–water partition coefficient (Wildman–Crippen LogP) is 5.24. The number of methoxy groups -OCH3 is 1. The van der Waals surface area contributed by atoms with Crippen LogP contribution in [0.25, 0.3) is 10.8 Å². The van der Waals surface area contributed by atoms with Crippen molar-refractivity contribution in [1.29, 1.82) is 0 Å². The molecule has 0 atom stereocenters. The van der Waals surface area contributed by atoms with E-state index in [1.165, 1.54) is 23.5 Å². The summed E-state index contributed by atoms with van der Waals surface area (Å²) in [5, 5.41) is 4.98. The van der Waals surface area contributed by atoms with Crippen molar-refractivity contribution in [1.82, 2.24) is 0 Å². The lowest BCUT2D eigenvalue weighted by atomic mass is 10.0. The molecule has 0 bridgehead atoms. The van der Waals surface area contributed by atoms with Crippen LogP contribution in [0.2, 0.25) is 0 Å². The first-order chi connectivity index (χ1) is 16.4. The first-order valence-electron chi connectivity index (χ1n) is 11.0. The Labute approximate surface area is 199 Å². The number of amides is 1. The Morgan fingerprint density at radius 3 is 2.29 bits per heavy atom. The maximum Gasteiger partial charge on any atom is 0.264 e. The van der Waals surface area contributed by atoms with Crippen LogP contribution >= 0.6 is 0 Å². The monoisotopic (exact) mass is 474 g/mol. The summed E-state index contributed by atoms with van der Waals surface area (Å²) in [7, 11) is -2.37. The SMILES string of the molecule is CCN(c1ccccc1)S(=O)(=O)c1ccc(OC)c(NC(=O)Cc2ccc3ccccc3c2)c1. The van der Waals surface area contributed by atoms with Crippen molar-refractivity contribution in [2.45, 2.75) is 18.2 Å². The maximum absolute atomic E-state index is 13.4. The number of sulfonamides is 1. The third-order valence-electron chi connectivity index (χ3n) is 5.54. The number of hydrogen-bond donors (Lipinski definition) is 1. The van der Waals surface area contributed by atoms with Gasteiger partial charge in [-0.1, -0.05) is 60.7 Å². The quantitative estimate of drug-likeness (QED) is 0.379. The van der Waals surface area contributed by atoms with Gasteiger partial charge in [0.05, 0.1) is 29.8 Å². The second kappa shape index (κ2) is 9.97. The molecule has 0 heterocycles. The molecule has 0 aliphatic carbocycles. The number of ether oxygens (including phenoxy) is 1. The zero-order valence-corrected chi connectivity index (χ0v) is 19.9. The molecular weight excluding hydrogens is 448 g/mol. The van der Waals surface area contributed by atoms with E-state index in [2.05, 4.69) is 5.32 Å². The molecule has 6 nitrogen and oxygen atoms in total. The highest BCUT2D eigenvalue weighted by Crippen LogP contribution is 2.31. The molecule has 0 spiro atoms. The third-order valence-corrected chi connectivity index (χ3v) is 7.44. The molecule has 1 amide bonds. The molecule has 0 aromatic heterocycles. The molecule has 1 N–H and O–H groups in total. The molecule has 0 aliphatic heterocycles. The molecule has 4 rings (SSSR count). The molecule has 0 unspecified atom stereocenters. The van der Waals surface area contributed by atoms with Crippen LogP contribution in [0.4, 0.5) is 11.4 Å². The van der Waals surface area contributed by atoms with Crippen molar-refractivity contribution in [2.75, 3.05) is 23.3 Å². The molecule has 4 aromatic rings. The van der Waals surface area contributed by atoms with E-state index in [0.29, 0.717) is 17.1 Å². The van der Waals surface area contributed by atoms with Crippen molar-refractivity contribution in [2.24, 2.45) is 0 Å². The Morgan fingerprint density at radius 1 is 0.882 bits per heavy atom. The predicted molar refractivity (Wildman–Crippen MR) is 136 cm³/mol. The van der Waals surface area contributed by atoms with Gasteiger partial charge in [-0.2, -0.15) is 0 Å². The van der Waals surface area contributed by atoms with Gasteiger partial charge in [-0.25, -0.2) is 8.42 Å². The first kappa shape index (κ1) is 23.3. The first-order valence-corrected chi connectivity index (χ1v) is 12.4. The van der Waals surface area contributed by atoms with Crippen molar-refractivity contribution in [3.8, 4) is 5.75 Å². The summed E-state index contributed by atoms with van der Waals surface area (Å²) in [5.41, 5.74) is 1.74. The van der Waals surface area contributed by atoms with E-state index in [-0.39, 0.29) is 23.8 Å². The van der Waals surface area contributed by atoms with Crippen LogP contribution in [0.15, 0.2) is 95.9 Å². The van der Waals surface area contributed by atoms with E-state index in [0.717, 1.165) is 16.3 Å². The van der Waals surface area contributed by atoms with Crippen LogP contribution < -0.4 is 14.4 Å². The number of hydrogen-bond acceptors (Lipinski definition) is 4. The summed E-state index contributed by atoms with van der Waals surface area (Å²) in [6, 6.07) is 27.2. The van der Waals surface area contributed by atoms with Crippen LogP contribution in [-0.2, 0) is 21.2 Å². The zero-order valence-electron chi connectivity index (χ0n) is 19.1.